The molecule has 14 heavy (non-hydrogen) atoms. The van der Waals surface area contributed by atoms with E-state index in [1.54, 1.807) is 0 Å². The van der Waals surface area contributed by atoms with Crippen LogP contribution in [0.1, 0.15) is 19.4 Å². The normalized spacial score (nSPS) is 11.1. The minimum absolute atomic E-state index is 1.09. The molecule has 2 aromatic carbocycles. The van der Waals surface area contributed by atoms with E-state index in [0.717, 1.165) is 6.42 Å². The van der Waals surface area contributed by atoms with Crippen LogP contribution in [0.5, 0.6) is 0 Å². The molecule has 0 heteroatoms. The molecule has 0 heterocycles. The SMILES string of the molecule is C[C](C)Cc1ccc2ccccc2c1. The molecule has 71 valence electrons. The van der Waals surface area contributed by atoms with E-state index in [1.807, 2.05) is 0 Å². The van der Waals surface area contributed by atoms with Crippen LogP contribution in [0.2, 0.25) is 0 Å². The Morgan fingerprint density at radius 3 is 2.36 bits per heavy atom. The molecule has 0 N–H and O–H groups in total. The highest BCUT2D eigenvalue weighted by atomic mass is 14.0. The molecule has 0 bridgehead atoms. The maximum absolute atomic E-state index is 2.28. The first-order chi connectivity index (χ1) is 6.75. The van der Waals surface area contributed by atoms with Crippen molar-refractivity contribution in [1.82, 2.24) is 0 Å². The summed E-state index contributed by atoms with van der Waals surface area (Å²) in [6.45, 7) is 4.35. The summed E-state index contributed by atoms with van der Waals surface area (Å²) in [5.74, 6) is 1.46. The van der Waals surface area contributed by atoms with Crippen LogP contribution < -0.4 is 0 Å². The van der Waals surface area contributed by atoms with Crippen molar-refractivity contribution in [1.29, 1.82) is 0 Å². The van der Waals surface area contributed by atoms with Gasteiger partial charge in [-0.2, -0.15) is 0 Å². The van der Waals surface area contributed by atoms with Crippen molar-refractivity contribution in [3.63, 3.8) is 0 Å². The van der Waals surface area contributed by atoms with Crippen molar-refractivity contribution in [2.24, 2.45) is 0 Å². The smallest absolute Gasteiger partial charge is 0.0181 e. The van der Waals surface area contributed by atoms with Crippen molar-refractivity contribution < 1.29 is 0 Å². The van der Waals surface area contributed by atoms with Crippen LogP contribution in [0.15, 0.2) is 42.5 Å². The molecule has 0 nitrogen and oxygen atoms in total. The molecule has 0 aliphatic heterocycles. The lowest BCUT2D eigenvalue weighted by Gasteiger charge is -2.05. The van der Waals surface area contributed by atoms with Gasteiger partial charge in [-0.25, -0.2) is 0 Å². The van der Waals surface area contributed by atoms with Crippen molar-refractivity contribution in [2.75, 3.05) is 0 Å². The maximum atomic E-state index is 2.28. The van der Waals surface area contributed by atoms with Crippen LogP contribution >= 0.6 is 0 Å². The number of fused-ring (bicyclic) bond motifs is 1. The second kappa shape index (κ2) is 3.83. The van der Waals surface area contributed by atoms with Gasteiger partial charge in [0.05, 0.1) is 0 Å². The van der Waals surface area contributed by atoms with Crippen molar-refractivity contribution >= 4 is 10.8 Å². The summed E-state index contributed by atoms with van der Waals surface area (Å²) in [4.78, 5) is 0. The lowest BCUT2D eigenvalue weighted by atomic mass is 10.00. The molecule has 0 atom stereocenters. The second-order valence-electron chi connectivity index (χ2n) is 4.07. The Balaban J connectivity index is 2.41. The molecular formula is C14H15. The van der Waals surface area contributed by atoms with Crippen LogP contribution in [-0.2, 0) is 6.42 Å². The van der Waals surface area contributed by atoms with E-state index in [1.165, 1.54) is 22.3 Å². The average molecular weight is 183 g/mol. The molecule has 1 radical (unpaired) electrons. The summed E-state index contributed by atoms with van der Waals surface area (Å²) in [6.07, 6.45) is 1.09. The summed E-state index contributed by atoms with van der Waals surface area (Å²) in [6, 6.07) is 15.2. The first kappa shape index (κ1) is 9.26. The van der Waals surface area contributed by atoms with Gasteiger partial charge in [-0.05, 0) is 28.7 Å². The number of rotatable bonds is 2. The van der Waals surface area contributed by atoms with Gasteiger partial charge in [-0.1, -0.05) is 56.3 Å². The van der Waals surface area contributed by atoms with E-state index in [4.69, 9.17) is 0 Å². The van der Waals surface area contributed by atoms with Gasteiger partial charge in [0.25, 0.3) is 0 Å². The Morgan fingerprint density at radius 1 is 0.929 bits per heavy atom. The van der Waals surface area contributed by atoms with Crippen LogP contribution in [0.3, 0.4) is 0 Å². The number of hydrogen-bond donors (Lipinski definition) is 0. The summed E-state index contributed by atoms with van der Waals surface area (Å²) >= 11 is 0. The average Bonchev–Trinajstić information content (AvgIpc) is 2.17. The number of hydrogen-bond acceptors (Lipinski definition) is 0. The summed E-state index contributed by atoms with van der Waals surface area (Å²) in [5, 5.41) is 2.66. The van der Waals surface area contributed by atoms with E-state index in [0.29, 0.717) is 0 Å². The summed E-state index contributed by atoms with van der Waals surface area (Å²) in [5.41, 5.74) is 1.41. The molecule has 0 spiro atoms. The fourth-order valence-electron chi connectivity index (χ4n) is 1.76. The topological polar surface area (TPSA) is 0 Å². The van der Waals surface area contributed by atoms with Gasteiger partial charge in [0.1, 0.15) is 0 Å². The molecule has 0 aromatic heterocycles. The predicted octanol–water partition coefficient (Wildman–Crippen LogP) is 4.00. The van der Waals surface area contributed by atoms with Gasteiger partial charge in [-0.15, -0.1) is 0 Å². The van der Waals surface area contributed by atoms with Crippen LogP contribution in [0.4, 0.5) is 0 Å². The first-order valence-electron chi connectivity index (χ1n) is 5.02. The van der Waals surface area contributed by atoms with Crippen molar-refractivity contribution in [3.05, 3.63) is 53.9 Å². The maximum Gasteiger partial charge on any atom is -0.0181 e. The molecule has 0 unspecified atom stereocenters. The first-order valence-corrected chi connectivity index (χ1v) is 5.02. The van der Waals surface area contributed by atoms with E-state index < -0.39 is 0 Å². The Bertz CT molecular complexity index is 427. The zero-order chi connectivity index (χ0) is 9.97. The minimum Gasteiger partial charge on any atom is -0.0616 e. The zero-order valence-electron chi connectivity index (χ0n) is 8.75. The van der Waals surface area contributed by atoms with Crippen LogP contribution in [0.25, 0.3) is 10.8 Å². The van der Waals surface area contributed by atoms with Gasteiger partial charge >= 0.3 is 0 Å². The molecule has 0 amide bonds. The van der Waals surface area contributed by atoms with Crippen LogP contribution in [-0.4, -0.2) is 0 Å². The van der Waals surface area contributed by atoms with Crippen LogP contribution in [0, 0.1) is 5.92 Å². The predicted molar refractivity (Wildman–Crippen MR) is 62.2 cm³/mol. The molecule has 0 fully saturated rings. The Kier molecular flexibility index (Phi) is 2.53. The quantitative estimate of drug-likeness (QED) is 0.660. The molecule has 0 saturated heterocycles. The van der Waals surface area contributed by atoms with Crippen molar-refractivity contribution in [3.8, 4) is 0 Å². The molecule has 2 rings (SSSR count). The largest absolute Gasteiger partial charge is 0.0616 e. The lowest BCUT2D eigenvalue weighted by molar-refractivity contribution is 0.959. The standard InChI is InChI=1S/C14H15/c1-11(2)9-12-7-8-13-5-3-4-6-14(13)10-12/h3-8,10H,9H2,1-2H3. The second-order valence-corrected chi connectivity index (χ2v) is 4.07. The third-order valence-electron chi connectivity index (χ3n) is 2.37. The minimum atomic E-state index is 1.09. The molecule has 0 saturated carbocycles. The van der Waals surface area contributed by atoms with Gasteiger partial charge in [0.2, 0.25) is 0 Å². The van der Waals surface area contributed by atoms with E-state index >= 15 is 0 Å². The van der Waals surface area contributed by atoms with E-state index in [-0.39, 0.29) is 0 Å². The lowest BCUT2D eigenvalue weighted by Crippen LogP contribution is -1.91. The summed E-state index contributed by atoms with van der Waals surface area (Å²) in [7, 11) is 0. The highest BCUT2D eigenvalue weighted by Gasteiger charge is 1.99. The van der Waals surface area contributed by atoms with Gasteiger partial charge in [-0.3, -0.25) is 0 Å². The van der Waals surface area contributed by atoms with Gasteiger partial charge in [0.15, 0.2) is 0 Å². The van der Waals surface area contributed by atoms with E-state index in [9.17, 15) is 0 Å². The molecule has 0 aliphatic carbocycles. The van der Waals surface area contributed by atoms with E-state index in [2.05, 4.69) is 56.3 Å². The fraction of sp³-hybridized carbons (Fsp3) is 0.214. The fourth-order valence-corrected chi connectivity index (χ4v) is 1.76. The monoisotopic (exact) mass is 183 g/mol. The Hall–Kier alpha value is -1.30. The molecule has 2 aromatic rings. The Morgan fingerprint density at radius 2 is 1.64 bits per heavy atom. The zero-order valence-corrected chi connectivity index (χ0v) is 8.75. The Labute approximate surface area is 85.6 Å². The molecular weight excluding hydrogens is 168 g/mol. The third-order valence-corrected chi connectivity index (χ3v) is 2.37. The number of benzene rings is 2. The highest BCUT2D eigenvalue weighted by molar-refractivity contribution is 5.83. The summed E-state index contributed by atoms with van der Waals surface area (Å²) < 4.78 is 0. The van der Waals surface area contributed by atoms with Gasteiger partial charge in [0, 0.05) is 0 Å². The third kappa shape index (κ3) is 1.95. The van der Waals surface area contributed by atoms with Crippen molar-refractivity contribution in [2.45, 2.75) is 20.3 Å². The molecule has 0 aliphatic rings. The highest BCUT2D eigenvalue weighted by Crippen LogP contribution is 2.18. The van der Waals surface area contributed by atoms with Gasteiger partial charge < -0.3 is 0 Å².